The van der Waals surface area contributed by atoms with Crippen LogP contribution in [0, 0.1) is 11.3 Å². The quantitative estimate of drug-likeness (QED) is 0.607. The molecule has 0 radical (unpaired) electrons. The van der Waals surface area contributed by atoms with E-state index in [0.29, 0.717) is 38.3 Å². The van der Waals surface area contributed by atoms with Gasteiger partial charge in [-0.15, -0.1) is 0 Å². The molecular weight excluding hydrogens is 332 g/mol. The van der Waals surface area contributed by atoms with Crippen LogP contribution in [0.25, 0.3) is 0 Å². The average molecular weight is 344 g/mol. The molecule has 0 atom stereocenters. The highest BCUT2D eigenvalue weighted by atomic mass is 79.9. The normalized spacial score (nSPS) is 16.2. The van der Waals surface area contributed by atoms with Crippen molar-refractivity contribution in [1.82, 2.24) is 14.8 Å². The van der Waals surface area contributed by atoms with E-state index in [9.17, 15) is 4.79 Å². The van der Waals surface area contributed by atoms with Gasteiger partial charge in [0.05, 0.1) is 18.2 Å². The molecule has 0 aliphatic carbocycles. The van der Waals surface area contributed by atoms with Crippen LogP contribution in [0.1, 0.15) is 10.4 Å². The zero-order valence-electron chi connectivity index (χ0n) is 10.1. The third kappa shape index (κ3) is 3.44. The van der Waals surface area contributed by atoms with Crippen LogP contribution in [0.3, 0.4) is 0 Å². The van der Waals surface area contributed by atoms with Crippen molar-refractivity contribution in [2.24, 2.45) is 0 Å². The van der Waals surface area contributed by atoms with Crippen molar-refractivity contribution in [3.63, 3.8) is 0 Å². The van der Waals surface area contributed by atoms with Crippen molar-refractivity contribution in [3.05, 3.63) is 27.5 Å². The van der Waals surface area contributed by atoms with Crippen LogP contribution < -0.4 is 0 Å². The van der Waals surface area contributed by atoms with Crippen LogP contribution in [0.2, 0.25) is 5.15 Å². The smallest absolute Gasteiger partial charge is 0.257 e. The van der Waals surface area contributed by atoms with Gasteiger partial charge in [-0.2, -0.15) is 5.26 Å². The number of carbonyl (C=O) groups is 1. The minimum atomic E-state index is -0.115. The standard InChI is InChI=1S/C12H12BrClN4O/c13-9-7-10(11(14)16-8-9)12(19)18-5-3-17(2-1-15)4-6-18/h7-8H,2-6H2. The van der Waals surface area contributed by atoms with Crippen LogP contribution in [0.5, 0.6) is 0 Å². The molecule has 0 aromatic carbocycles. The molecule has 1 fully saturated rings. The predicted octanol–water partition coefficient (Wildman–Crippen LogP) is 1.78. The van der Waals surface area contributed by atoms with Gasteiger partial charge in [0, 0.05) is 36.8 Å². The number of carbonyl (C=O) groups excluding carboxylic acids is 1. The molecule has 0 unspecified atom stereocenters. The first-order valence-electron chi connectivity index (χ1n) is 5.81. The first kappa shape index (κ1) is 14.3. The first-order valence-corrected chi connectivity index (χ1v) is 6.98. The molecule has 100 valence electrons. The molecule has 0 spiro atoms. The van der Waals surface area contributed by atoms with Gasteiger partial charge in [0.25, 0.3) is 5.91 Å². The number of piperazine rings is 1. The van der Waals surface area contributed by atoms with Crippen LogP contribution in [-0.2, 0) is 0 Å². The van der Waals surface area contributed by atoms with Gasteiger partial charge in [-0.1, -0.05) is 11.6 Å². The molecule has 2 heterocycles. The van der Waals surface area contributed by atoms with Gasteiger partial charge in [0.2, 0.25) is 0 Å². The number of rotatable bonds is 2. The molecule has 7 heteroatoms. The third-order valence-corrected chi connectivity index (χ3v) is 3.72. The summed E-state index contributed by atoms with van der Waals surface area (Å²) in [5.74, 6) is -0.115. The monoisotopic (exact) mass is 342 g/mol. The van der Waals surface area contributed by atoms with E-state index in [0.717, 1.165) is 4.47 Å². The molecule has 1 aliphatic rings. The third-order valence-electron chi connectivity index (χ3n) is 2.99. The van der Waals surface area contributed by atoms with E-state index in [4.69, 9.17) is 16.9 Å². The Morgan fingerprint density at radius 2 is 2.16 bits per heavy atom. The molecule has 0 saturated carbocycles. The summed E-state index contributed by atoms with van der Waals surface area (Å²) in [5, 5.41) is 8.85. The second kappa shape index (κ2) is 6.33. The molecular formula is C12H12BrClN4O. The molecule has 1 saturated heterocycles. The van der Waals surface area contributed by atoms with E-state index in [1.807, 2.05) is 4.90 Å². The number of amides is 1. The lowest BCUT2D eigenvalue weighted by Gasteiger charge is -2.33. The fraction of sp³-hybridized carbons (Fsp3) is 0.417. The maximum absolute atomic E-state index is 12.3. The summed E-state index contributed by atoms with van der Waals surface area (Å²) < 4.78 is 0.725. The number of hydrogen-bond acceptors (Lipinski definition) is 4. The Hall–Kier alpha value is -1.16. The minimum Gasteiger partial charge on any atom is -0.336 e. The Kier molecular flexibility index (Phi) is 4.75. The summed E-state index contributed by atoms with van der Waals surface area (Å²) in [5.41, 5.74) is 0.407. The highest BCUT2D eigenvalue weighted by Gasteiger charge is 2.23. The van der Waals surface area contributed by atoms with Gasteiger partial charge in [-0.25, -0.2) is 4.98 Å². The summed E-state index contributed by atoms with van der Waals surface area (Å²) in [6.07, 6.45) is 1.56. The highest BCUT2D eigenvalue weighted by Crippen LogP contribution is 2.20. The van der Waals surface area contributed by atoms with Crippen LogP contribution in [-0.4, -0.2) is 53.4 Å². The van der Waals surface area contributed by atoms with Crippen LogP contribution in [0.15, 0.2) is 16.7 Å². The van der Waals surface area contributed by atoms with Gasteiger partial charge >= 0.3 is 0 Å². The van der Waals surface area contributed by atoms with E-state index in [1.54, 1.807) is 17.2 Å². The lowest BCUT2D eigenvalue weighted by atomic mass is 10.2. The maximum atomic E-state index is 12.3. The number of nitriles is 1. The van der Waals surface area contributed by atoms with Crippen molar-refractivity contribution in [2.45, 2.75) is 0 Å². The number of halogens is 2. The second-order valence-electron chi connectivity index (χ2n) is 4.22. The molecule has 2 rings (SSSR count). The van der Waals surface area contributed by atoms with Gasteiger partial charge in [-0.05, 0) is 22.0 Å². The molecule has 1 amide bonds. The van der Waals surface area contributed by atoms with Crippen molar-refractivity contribution in [1.29, 1.82) is 5.26 Å². The van der Waals surface area contributed by atoms with E-state index in [-0.39, 0.29) is 11.1 Å². The zero-order chi connectivity index (χ0) is 13.8. The van der Waals surface area contributed by atoms with E-state index in [1.165, 1.54) is 0 Å². The molecule has 0 N–H and O–H groups in total. The lowest BCUT2D eigenvalue weighted by molar-refractivity contribution is 0.0651. The van der Waals surface area contributed by atoms with E-state index in [2.05, 4.69) is 27.0 Å². The fourth-order valence-corrected chi connectivity index (χ4v) is 2.47. The van der Waals surface area contributed by atoms with Crippen molar-refractivity contribution < 1.29 is 4.79 Å². The Balaban J connectivity index is 2.05. The van der Waals surface area contributed by atoms with Crippen molar-refractivity contribution in [2.75, 3.05) is 32.7 Å². The summed E-state index contributed by atoms with van der Waals surface area (Å²) in [7, 11) is 0. The SMILES string of the molecule is N#CCN1CCN(C(=O)c2cc(Br)cnc2Cl)CC1. The van der Waals surface area contributed by atoms with Gasteiger partial charge in [0.15, 0.2) is 0 Å². The number of aromatic nitrogens is 1. The topological polar surface area (TPSA) is 60.2 Å². The fourth-order valence-electron chi connectivity index (χ4n) is 1.95. The van der Waals surface area contributed by atoms with Crippen LogP contribution in [0.4, 0.5) is 0 Å². The van der Waals surface area contributed by atoms with E-state index < -0.39 is 0 Å². The average Bonchev–Trinajstić information content (AvgIpc) is 2.42. The van der Waals surface area contributed by atoms with Gasteiger partial charge in [0.1, 0.15) is 5.15 Å². The largest absolute Gasteiger partial charge is 0.336 e. The Morgan fingerprint density at radius 3 is 2.79 bits per heavy atom. The molecule has 0 bridgehead atoms. The molecule has 19 heavy (non-hydrogen) atoms. The van der Waals surface area contributed by atoms with Gasteiger partial charge < -0.3 is 4.90 Å². The Labute approximate surface area is 124 Å². The Morgan fingerprint density at radius 1 is 1.47 bits per heavy atom. The first-order chi connectivity index (χ1) is 9.11. The molecule has 1 aliphatic heterocycles. The summed E-state index contributed by atoms with van der Waals surface area (Å²) in [4.78, 5) is 20.0. The lowest BCUT2D eigenvalue weighted by Crippen LogP contribution is -2.48. The maximum Gasteiger partial charge on any atom is 0.257 e. The molecule has 5 nitrogen and oxygen atoms in total. The molecule has 1 aromatic rings. The predicted molar refractivity (Wildman–Crippen MR) is 74.9 cm³/mol. The highest BCUT2D eigenvalue weighted by molar-refractivity contribution is 9.10. The van der Waals surface area contributed by atoms with E-state index >= 15 is 0 Å². The zero-order valence-corrected chi connectivity index (χ0v) is 12.5. The summed E-state index contributed by atoms with van der Waals surface area (Å²) in [6, 6.07) is 3.79. The number of nitrogens with zero attached hydrogens (tertiary/aromatic N) is 4. The summed E-state index contributed by atoms with van der Waals surface area (Å²) in [6.45, 7) is 3.02. The van der Waals surface area contributed by atoms with Crippen molar-refractivity contribution in [3.8, 4) is 6.07 Å². The second-order valence-corrected chi connectivity index (χ2v) is 5.49. The summed E-state index contributed by atoms with van der Waals surface area (Å²) >= 11 is 9.24. The van der Waals surface area contributed by atoms with Gasteiger partial charge in [-0.3, -0.25) is 9.69 Å². The number of pyridine rings is 1. The van der Waals surface area contributed by atoms with Crippen LogP contribution >= 0.6 is 27.5 Å². The van der Waals surface area contributed by atoms with Crippen molar-refractivity contribution >= 4 is 33.4 Å². The molecule has 1 aromatic heterocycles. The Bertz CT molecular complexity index is 523. The number of hydrogen-bond donors (Lipinski definition) is 0. The minimum absolute atomic E-state index is 0.115.